The van der Waals surface area contributed by atoms with Crippen molar-refractivity contribution in [1.29, 1.82) is 0 Å². The van der Waals surface area contributed by atoms with Crippen LogP contribution in [0.1, 0.15) is 12.8 Å². The molecule has 0 aromatic heterocycles. The molecule has 0 saturated carbocycles. The van der Waals surface area contributed by atoms with E-state index in [1.807, 2.05) is 0 Å². The third-order valence-corrected chi connectivity index (χ3v) is 4.32. The second-order valence-electron chi connectivity index (χ2n) is 3.03. The summed E-state index contributed by atoms with van der Waals surface area (Å²) < 4.78 is 21.0. The Bertz CT molecular complexity index is 178. The molecular weight excluding hydrogens is 317 g/mol. The van der Waals surface area contributed by atoms with Crippen molar-refractivity contribution in [3.05, 3.63) is 0 Å². The Morgan fingerprint density at radius 3 is 1.62 bits per heavy atom. The van der Waals surface area contributed by atoms with Crippen LogP contribution in [0.3, 0.4) is 0 Å². The van der Waals surface area contributed by atoms with Crippen molar-refractivity contribution in [1.82, 2.24) is 0 Å². The number of hydrogen-bond acceptors (Lipinski definition) is 3. The SMILES string of the molecule is O=[PH](OCCC(Cl)CCl)OCCC(Cl)CCl. The van der Waals surface area contributed by atoms with Gasteiger partial charge in [-0.15, -0.1) is 46.4 Å². The van der Waals surface area contributed by atoms with E-state index in [9.17, 15) is 4.57 Å². The van der Waals surface area contributed by atoms with E-state index in [0.29, 0.717) is 24.6 Å². The molecule has 0 spiro atoms. The monoisotopic (exact) mass is 330 g/mol. The standard InChI is InChI=1S/C8H15Cl4O3P/c9-5-7(11)1-3-14-16(13)15-4-2-8(12)6-10/h7-8,16H,1-6H2. The minimum Gasteiger partial charge on any atom is -0.311 e. The van der Waals surface area contributed by atoms with Crippen LogP contribution in [0.4, 0.5) is 0 Å². The smallest absolute Gasteiger partial charge is 0.311 e. The molecule has 0 saturated heterocycles. The molecule has 0 bridgehead atoms. The van der Waals surface area contributed by atoms with Crippen molar-refractivity contribution in [2.75, 3.05) is 25.0 Å². The first-order chi connectivity index (χ1) is 7.60. The molecule has 2 atom stereocenters. The van der Waals surface area contributed by atoms with Gasteiger partial charge < -0.3 is 9.05 Å². The zero-order chi connectivity index (χ0) is 12.4. The summed E-state index contributed by atoms with van der Waals surface area (Å²) in [6.07, 6.45) is 1.09. The molecule has 0 amide bonds. The van der Waals surface area contributed by atoms with E-state index in [1.165, 1.54) is 0 Å². The highest BCUT2D eigenvalue weighted by atomic mass is 35.5. The summed E-state index contributed by atoms with van der Waals surface area (Å²) in [4.78, 5) is 0. The fourth-order valence-corrected chi connectivity index (χ4v) is 1.88. The zero-order valence-electron chi connectivity index (χ0n) is 8.63. The summed E-state index contributed by atoms with van der Waals surface area (Å²) in [7, 11) is -2.45. The Balaban J connectivity index is 3.38. The first-order valence-corrected chi connectivity index (χ1v) is 7.96. The lowest BCUT2D eigenvalue weighted by atomic mass is 10.3. The summed E-state index contributed by atoms with van der Waals surface area (Å²) >= 11 is 22.4. The first kappa shape index (κ1) is 17.3. The molecule has 0 aromatic rings. The minimum atomic E-state index is -2.45. The lowest BCUT2D eigenvalue weighted by molar-refractivity contribution is 0.222. The van der Waals surface area contributed by atoms with E-state index in [-0.39, 0.29) is 24.0 Å². The molecule has 98 valence electrons. The summed E-state index contributed by atoms with van der Waals surface area (Å²) in [5.41, 5.74) is 0. The van der Waals surface area contributed by atoms with Gasteiger partial charge in [-0.25, -0.2) is 0 Å². The van der Waals surface area contributed by atoms with Gasteiger partial charge in [-0.1, -0.05) is 0 Å². The van der Waals surface area contributed by atoms with Gasteiger partial charge >= 0.3 is 8.25 Å². The summed E-state index contributed by atoms with van der Waals surface area (Å²) in [6.45, 7) is 0.553. The van der Waals surface area contributed by atoms with Crippen LogP contribution >= 0.6 is 54.7 Å². The molecule has 0 rings (SSSR count). The predicted molar refractivity (Wildman–Crippen MR) is 70.9 cm³/mol. The van der Waals surface area contributed by atoms with Crippen LogP contribution in [0, 0.1) is 0 Å². The molecule has 0 radical (unpaired) electrons. The quantitative estimate of drug-likeness (QED) is 0.450. The van der Waals surface area contributed by atoms with Crippen LogP contribution in [-0.2, 0) is 13.6 Å². The number of halogens is 4. The predicted octanol–water partition coefficient (Wildman–Crippen LogP) is 3.88. The maximum Gasteiger partial charge on any atom is 0.319 e. The topological polar surface area (TPSA) is 35.5 Å². The minimum absolute atomic E-state index is 0.167. The van der Waals surface area contributed by atoms with Gasteiger partial charge in [0.05, 0.1) is 13.2 Å². The molecule has 0 fully saturated rings. The molecule has 0 N–H and O–H groups in total. The number of hydrogen-bond donors (Lipinski definition) is 0. The van der Waals surface area contributed by atoms with Gasteiger partial charge in [-0.3, -0.25) is 4.57 Å². The molecule has 2 unspecified atom stereocenters. The molecule has 0 heterocycles. The highest BCUT2D eigenvalue weighted by Gasteiger charge is 2.07. The van der Waals surface area contributed by atoms with Crippen molar-refractivity contribution in [3.63, 3.8) is 0 Å². The summed E-state index contributed by atoms with van der Waals surface area (Å²) in [5, 5.41) is -0.333. The third-order valence-electron chi connectivity index (χ3n) is 1.64. The Hall–Kier alpha value is 1.31. The van der Waals surface area contributed by atoms with Crippen LogP contribution in [-0.4, -0.2) is 35.7 Å². The first-order valence-electron chi connectivity index (χ1n) is 4.79. The van der Waals surface area contributed by atoms with Crippen LogP contribution in [0.15, 0.2) is 0 Å². The van der Waals surface area contributed by atoms with E-state index < -0.39 is 8.25 Å². The van der Waals surface area contributed by atoms with E-state index in [1.54, 1.807) is 0 Å². The van der Waals surface area contributed by atoms with Crippen molar-refractivity contribution in [2.45, 2.75) is 23.6 Å². The van der Waals surface area contributed by atoms with Crippen LogP contribution in [0.2, 0.25) is 0 Å². The van der Waals surface area contributed by atoms with Crippen molar-refractivity contribution in [2.24, 2.45) is 0 Å². The third kappa shape index (κ3) is 10.5. The van der Waals surface area contributed by atoms with Gasteiger partial charge in [-0.05, 0) is 12.8 Å². The Kier molecular flexibility index (Phi) is 12.3. The molecular formula is C8H15Cl4O3P. The molecule has 3 nitrogen and oxygen atoms in total. The van der Waals surface area contributed by atoms with Crippen LogP contribution < -0.4 is 0 Å². The van der Waals surface area contributed by atoms with Gasteiger partial charge in [0.25, 0.3) is 0 Å². The summed E-state index contributed by atoms with van der Waals surface area (Å²) in [5.74, 6) is 0.687. The highest BCUT2D eigenvalue weighted by Crippen LogP contribution is 2.25. The fourth-order valence-electron chi connectivity index (χ4n) is 0.736. The van der Waals surface area contributed by atoms with Gasteiger partial charge in [0.1, 0.15) is 0 Å². The molecule has 16 heavy (non-hydrogen) atoms. The average Bonchev–Trinajstić information content (AvgIpc) is 2.28. The fraction of sp³-hybridized carbons (Fsp3) is 1.00. The average molecular weight is 332 g/mol. The van der Waals surface area contributed by atoms with Crippen LogP contribution in [0.5, 0.6) is 0 Å². The molecule has 0 aliphatic carbocycles. The molecule has 8 heteroatoms. The largest absolute Gasteiger partial charge is 0.319 e. The Morgan fingerprint density at radius 1 is 0.938 bits per heavy atom. The Labute approximate surface area is 117 Å². The second-order valence-corrected chi connectivity index (χ2v) is 5.96. The van der Waals surface area contributed by atoms with E-state index in [0.717, 1.165) is 0 Å². The maximum atomic E-state index is 11.2. The highest BCUT2D eigenvalue weighted by molar-refractivity contribution is 7.33. The zero-order valence-corrected chi connectivity index (χ0v) is 12.7. The maximum absolute atomic E-state index is 11.2. The van der Waals surface area contributed by atoms with Crippen molar-refractivity contribution < 1.29 is 13.6 Å². The van der Waals surface area contributed by atoms with Gasteiger partial charge in [0.15, 0.2) is 0 Å². The van der Waals surface area contributed by atoms with Crippen LogP contribution in [0.25, 0.3) is 0 Å². The van der Waals surface area contributed by atoms with Gasteiger partial charge in [0, 0.05) is 22.5 Å². The normalized spacial score (nSPS) is 17.0. The van der Waals surface area contributed by atoms with Crippen molar-refractivity contribution >= 4 is 54.7 Å². The van der Waals surface area contributed by atoms with E-state index in [4.69, 9.17) is 55.5 Å². The van der Waals surface area contributed by atoms with Gasteiger partial charge in [0.2, 0.25) is 0 Å². The Morgan fingerprint density at radius 2 is 1.31 bits per heavy atom. The summed E-state index contributed by atoms with van der Waals surface area (Å²) in [6, 6.07) is 0. The lowest BCUT2D eigenvalue weighted by Gasteiger charge is -2.08. The number of alkyl halides is 4. The number of rotatable bonds is 10. The van der Waals surface area contributed by atoms with Gasteiger partial charge in [-0.2, -0.15) is 0 Å². The molecule has 0 aromatic carbocycles. The lowest BCUT2D eigenvalue weighted by Crippen LogP contribution is -2.05. The van der Waals surface area contributed by atoms with E-state index >= 15 is 0 Å². The molecule has 0 aliphatic heterocycles. The molecule has 0 aliphatic rings. The van der Waals surface area contributed by atoms with Crippen molar-refractivity contribution in [3.8, 4) is 0 Å². The second kappa shape index (κ2) is 11.4. The van der Waals surface area contributed by atoms with E-state index in [2.05, 4.69) is 0 Å².